The van der Waals surface area contributed by atoms with Gasteiger partial charge in [0.2, 0.25) is 5.91 Å². The van der Waals surface area contributed by atoms with Crippen molar-refractivity contribution in [1.82, 2.24) is 10.2 Å². The van der Waals surface area contributed by atoms with Crippen LogP contribution in [0.15, 0.2) is 59.2 Å². The summed E-state index contributed by atoms with van der Waals surface area (Å²) in [5.41, 5.74) is 3.62. The van der Waals surface area contributed by atoms with Crippen molar-refractivity contribution in [3.63, 3.8) is 0 Å². The predicted octanol–water partition coefficient (Wildman–Crippen LogP) is 3.84. The summed E-state index contributed by atoms with van der Waals surface area (Å²) in [6, 6.07) is 15.9. The molecule has 5 nitrogen and oxygen atoms in total. The van der Waals surface area contributed by atoms with E-state index < -0.39 is 0 Å². The summed E-state index contributed by atoms with van der Waals surface area (Å²) < 4.78 is 5.40. The zero-order valence-electron chi connectivity index (χ0n) is 15.3. The molecule has 0 aliphatic carbocycles. The van der Waals surface area contributed by atoms with Crippen LogP contribution < -0.4 is 5.32 Å². The molecule has 1 saturated heterocycles. The second kappa shape index (κ2) is 7.27. The average molecular weight is 362 g/mol. The molecule has 0 unspecified atom stereocenters. The molecule has 138 valence electrons. The van der Waals surface area contributed by atoms with E-state index >= 15 is 0 Å². The highest BCUT2D eigenvalue weighted by molar-refractivity contribution is 5.96. The largest absolute Gasteiger partial charge is 0.464 e. The number of piperidine rings is 1. The molecule has 4 rings (SSSR count). The van der Waals surface area contributed by atoms with Crippen LogP contribution in [0.3, 0.4) is 0 Å². The van der Waals surface area contributed by atoms with Crippen LogP contribution in [0.4, 0.5) is 0 Å². The summed E-state index contributed by atoms with van der Waals surface area (Å²) in [5, 5.41) is 3.99. The molecule has 0 bridgehead atoms. The fourth-order valence-corrected chi connectivity index (χ4v) is 3.67. The zero-order chi connectivity index (χ0) is 18.8. The van der Waals surface area contributed by atoms with Crippen molar-refractivity contribution < 1.29 is 14.0 Å². The quantitative estimate of drug-likeness (QED) is 0.770. The number of amides is 2. The number of benzene rings is 2. The van der Waals surface area contributed by atoms with E-state index in [1.54, 1.807) is 6.26 Å². The molecule has 0 radical (unpaired) electrons. The number of carbonyl (C=O) groups is 2. The van der Waals surface area contributed by atoms with Gasteiger partial charge in [0.15, 0.2) is 0 Å². The number of furan rings is 1. The van der Waals surface area contributed by atoms with E-state index in [-0.39, 0.29) is 17.9 Å². The van der Waals surface area contributed by atoms with E-state index in [1.165, 1.54) is 6.92 Å². The highest BCUT2D eigenvalue weighted by Gasteiger charge is 2.24. The first-order chi connectivity index (χ1) is 13.1. The van der Waals surface area contributed by atoms with E-state index in [9.17, 15) is 9.59 Å². The Morgan fingerprint density at radius 1 is 1.04 bits per heavy atom. The number of nitrogens with zero attached hydrogens (tertiary/aromatic N) is 1. The fraction of sp³-hybridized carbons (Fsp3) is 0.273. The second-order valence-electron chi connectivity index (χ2n) is 7.02. The van der Waals surface area contributed by atoms with E-state index in [2.05, 4.69) is 11.4 Å². The van der Waals surface area contributed by atoms with Gasteiger partial charge in [0.05, 0.1) is 6.26 Å². The van der Waals surface area contributed by atoms with E-state index in [4.69, 9.17) is 4.42 Å². The summed E-state index contributed by atoms with van der Waals surface area (Å²) in [6.07, 6.45) is 3.27. The van der Waals surface area contributed by atoms with Crippen molar-refractivity contribution in [2.24, 2.45) is 0 Å². The van der Waals surface area contributed by atoms with Crippen LogP contribution in [0.1, 0.15) is 30.1 Å². The summed E-state index contributed by atoms with van der Waals surface area (Å²) >= 11 is 0. The van der Waals surface area contributed by atoms with Crippen molar-refractivity contribution in [3.05, 3.63) is 60.4 Å². The minimum Gasteiger partial charge on any atom is -0.464 e. The van der Waals surface area contributed by atoms with Crippen LogP contribution in [0.5, 0.6) is 0 Å². The molecule has 2 amide bonds. The Hall–Kier alpha value is -3.08. The molecular formula is C22H22N2O3. The third-order valence-electron chi connectivity index (χ3n) is 5.08. The summed E-state index contributed by atoms with van der Waals surface area (Å²) in [5.74, 6) is 0.0320. The van der Waals surface area contributed by atoms with Crippen molar-refractivity contribution in [1.29, 1.82) is 0 Å². The number of hydrogen-bond acceptors (Lipinski definition) is 3. The minimum atomic E-state index is -0.0120. The normalized spacial score (nSPS) is 15.1. The lowest BCUT2D eigenvalue weighted by Crippen LogP contribution is -2.46. The van der Waals surface area contributed by atoms with E-state index in [1.807, 2.05) is 47.4 Å². The van der Waals surface area contributed by atoms with Crippen LogP contribution in [-0.2, 0) is 4.79 Å². The standard InChI is InChI=1S/C22H22N2O3/c1-15(25)23-20-7-10-24(11-8-20)22(26)19-4-2-3-16(14-19)17-5-6-21-18(13-17)9-12-27-21/h2-6,9,12-14,20H,7-8,10-11H2,1H3,(H,23,25). The molecule has 0 saturated carbocycles. The topological polar surface area (TPSA) is 62.6 Å². The van der Waals surface area contributed by atoms with Gasteiger partial charge in [-0.05, 0) is 54.3 Å². The van der Waals surface area contributed by atoms with Crippen LogP contribution in [0, 0.1) is 0 Å². The molecular weight excluding hydrogens is 340 g/mol. The number of likely N-dealkylation sites (tertiary alicyclic amines) is 1. The summed E-state index contributed by atoms with van der Waals surface area (Å²) in [6.45, 7) is 2.86. The first-order valence-electron chi connectivity index (χ1n) is 9.24. The molecule has 5 heteroatoms. The van der Waals surface area contributed by atoms with Gasteiger partial charge in [0.25, 0.3) is 5.91 Å². The Morgan fingerprint density at radius 3 is 2.59 bits per heavy atom. The molecule has 2 aromatic carbocycles. The van der Waals surface area contributed by atoms with Crippen molar-refractivity contribution in [3.8, 4) is 11.1 Å². The third-order valence-corrected chi connectivity index (χ3v) is 5.08. The number of hydrogen-bond donors (Lipinski definition) is 1. The number of nitrogens with one attached hydrogen (secondary N) is 1. The summed E-state index contributed by atoms with van der Waals surface area (Å²) in [7, 11) is 0. The Bertz CT molecular complexity index is 984. The summed E-state index contributed by atoms with van der Waals surface area (Å²) in [4.78, 5) is 26.0. The molecule has 0 spiro atoms. The van der Waals surface area contributed by atoms with Gasteiger partial charge in [0, 0.05) is 37.0 Å². The third kappa shape index (κ3) is 3.72. The maximum Gasteiger partial charge on any atom is 0.253 e. The number of rotatable bonds is 3. The van der Waals surface area contributed by atoms with Crippen LogP contribution >= 0.6 is 0 Å². The molecule has 27 heavy (non-hydrogen) atoms. The lowest BCUT2D eigenvalue weighted by Gasteiger charge is -2.32. The molecule has 2 heterocycles. The minimum absolute atomic E-state index is 0.0120. The molecule has 3 aromatic rings. The first-order valence-corrected chi connectivity index (χ1v) is 9.24. The zero-order valence-corrected chi connectivity index (χ0v) is 15.3. The van der Waals surface area contributed by atoms with Crippen LogP contribution in [0.25, 0.3) is 22.1 Å². The molecule has 1 N–H and O–H groups in total. The molecule has 1 fully saturated rings. The molecule has 1 aromatic heterocycles. The number of fused-ring (bicyclic) bond motifs is 1. The van der Waals surface area contributed by atoms with Gasteiger partial charge in [-0.25, -0.2) is 0 Å². The van der Waals surface area contributed by atoms with Gasteiger partial charge >= 0.3 is 0 Å². The van der Waals surface area contributed by atoms with Gasteiger partial charge in [-0.1, -0.05) is 18.2 Å². The monoisotopic (exact) mass is 362 g/mol. The fourth-order valence-electron chi connectivity index (χ4n) is 3.67. The van der Waals surface area contributed by atoms with Crippen LogP contribution in [-0.4, -0.2) is 35.8 Å². The van der Waals surface area contributed by atoms with Crippen molar-refractivity contribution in [2.75, 3.05) is 13.1 Å². The maximum absolute atomic E-state index is 12.9. The Balaban J connectivity index is 1.50. The molecule has 1 aliphatic rings. The van der Waals surface area contributed by atoms with Gasteiger partial charge in [0.1, 0.15) is 5.58 Å². The first kappa shape index (κ1) is 17.3. The van der Waals surface area contributed by atoms with Crippen molar-refractivity contribution in [2.45, 2.75) is 25.8 Å². The molecule has 0 atom stereocenters. The smallest absolute Gasteiger partial charge is 0.253 e. The van der Waals surface area contributed by atoms with Gasteiger partial charge in [-0.15, -0.1) is 0 Å². The van der Waals surface area contributed by atoms with Gasteiger partial charge < -0.3 is 14.6 Å². The second-order valence-corrected chi connectivity index (χ2v) is 7.02. The lowest BCUT2D eigenvalue weighted by molar-refractivity contribution is -0.119. The van der Waals surface area contributed by atoms with Gasteiger partial charge in [-0.2, -0.15) is 0 Å². The van der Waals surface area contributed by atoms with Crippen LogP contribution in [0.2, 0.25) is 0 Å². The van der Waals surface area contributed by atoms with E-state index in [0.717, 1.165) is 34.9 Å². The molecule has 1 aliphatic heterocycles. The predicted molar refractivity (Wildman–Crippen MR) is 104 cm³/mol. The van der Waals surface area contributed by atoms with Gasteiger partial charge in [-0.3, -0.25) is 9.59 Å². The Morgan fingerprint density at radius 2 is 1.81 bits per heavy atom. The van der Waals surface area contributed by atoms with E-state index in [0.29, 0.717) is 18.7 Å². The van der Waals surface area contributed by atoms with Crippen molar-refractivity contribution >= 4 is 22.8 Å². The average Bonchev–Trinajstić information content (AvgIpc) is 3.15. The maximum atomic E-state index is 12.9. The Labute approximate surface area is 158 Å². The lowest BCUT2D eigenvalue weighted by atomic mass is 10.00. The Kier molecular flexibility index (Phi) is 4.67. The SMILES string of the molecule is CC(=O)NC1CCN(C(=O)c2cccc(-c3ccc4occc4c3)c2)CC1. The number of carbonyl (C=O) groups excluding carboxylic acids is 2. The highest BCUT2D eigenvalue weighted by atomic mass is 16.3. The highest BCUT2D eigenvalue weighted by Crippen LogP contribution is 2.26.